The highest BCUT2D eigenvalue weighted by atomic mass is 35.5. The zero-order valence-corrected chi connectivity index (χ0v) is 10.1. The minimum Gasteiger partial charge on any atom is -0.382 e. The van der Waals surface area contributed by atoms with Gasteiger partial charge in [0.25, 0.3) is 0 Å². The van der Waals surface area contributed by atoms with Crippen LogP contribution in [0.25, 0.3) is 0 Å². The Bertz CT molecular complexity index is 348. The first-order chi connectivity index (χ1) is 7.16. The maximum atomic E-state index is 5.93. The van der Waals surface area contributed by atoms with Gasteiger partial charge in [-0.2, -0.15) is 0 Å². The molecule has 1 aliphatic rings. The molecule has 0 spiro atoms. The van der Waals surface area contributed by atoms with Gasteiger partial charge in [0, 0.05) is 16.8 Å². The van der Waals surface area contributed by atoms with Gasteiger partial charge >= 0.3 is 0 Å². The summed E-state index contributed by atoms with van der Waals surface area (Å²) >= 11 is 5.93. The van der Waals surface area contributed by atoms with E-state index < -0.39 is 0 Å². The van der Waals surface area contributed by atoms with E-state index in [-0.39, 0.29) is 0 Å². The molecule has 2 heteroatoms. The Hall–Kier alpha value is -0.690. The van der Waals surface area contributed by atoms with Crippen molar-refractivity contribution in [2.24, 2.45) is 5.92 Å². The van der Waals surface area contributed by atoms with Gasteiger partial charge in [-0.1, -0.05) is 24.9 Å². The van der Waals surface area contributed by atoms with Crippen LogP contribution >= 0.6 is 11.6 Å². The molecule has 0 aliphatic heterocycles. The van der Waals surface area contributed by atoms with Crippen LogP contribution in [0.5, 0.6) is 0 Å². The van der Waals surface area contributed by atoms with E-state index in [1.54, 1.807) is 0 Å². The summed E-state index contributed by atoms with van der Waals surface area (Å²) in [5.41, 5.74) is 2.47. The fourth-order valence-corrected chi connectivity index (χ4v) is 2.58. The predicted octanol–water partition coefficient (Wildman–Crippen LogP) is 4.25. The van der Waals surface area contributed by atoms with Crippen molar-refractivity contribution in [2.45, 2.75) is 39.2 Å². The van der Waals surface area contributed by atoms with Gasteiger partial charge in [0.2, 0.25) is 0 Å². The predicted molar refractivity (Wildman–Crippen MR) is 66.6 cm³/mol. The van der Waals surface area contributed by atoms with Crippen molar-refractivity contribution < 1.29 is 0 Å². The van der Waals surface area contributed by atoms with Gasteiger partial charge in [0.05, 0.1) is 0 Å². The molecule has 2 unspecified atom stereocenters. The summed E-state index contributed by atoms with van der Waals surface area (Å²) in [5.74, 6) is 0.792. The average molecular weight is 224 g/mol. The van der Waals surface area contributed by atoms with E-state index in [1.807, 2.05) is 12.1 Å². The molecule has 0 radical (unpaired) electrons. The molecule has 82 valence electrons. The Balaban J connectivity index is 2.10. The molecule has 0 bridgehead atoms. The van der Waals surface area contributed by atoms with E-state index in [1.165, 1.54) is 30.5 Å². The van der Waals surface area contributed by atoms with E-state index in [9.17, 15) is 0 Å². The van der Waals surface area contributed by atoms with Crippen LogP contribution in [0.15, 0.2) is 18.2 Å². The second-order valence-electron chi connectivity index (χ2n) is 4.62. The molecule has 0 amide bonds. The maximum absolute atomic E-state index is 5.93. The molecule has 1 aromatic rings. The normalized spacial score (nSPS) is 25.5. The Labute approximate surface area is 96.8 Å². The van der Waals surface area contributed by atoms with Crippen molar-refractivity contribution in [1.82, 2.24) is 0 Å². The molecule has 0 aromatic heterocycles. The Morgan fingerprint density at radius 2 is 2.13 bits per heavy atom. The summed E-state index contributed by atoms with van der Waals surface area (Å²) in [6, 6.07) is 6.70. The van der Waals surface area contributed by atoms with Crippen molar-refractivity contribution in [2.75, 3.05) is 5.32 Å². The maximum Gasteiger partial charge on any atom is 0.0410 e. The fraction of sp³-hybridized carbons (Fsp3) is 0.538. The van der Waals surface area contributed by atoms with Crippen LogP contribution in [0.2, 0.25) is 5.02 Å². The molecule has 0 saturated heterocycles. The van der Waals surface area contributed by atoms with Gasteiger partial charge in [0.1, 0.15) is 0 Å². The first-order valence-corrected chi connectivity index (χ1v) is 6.07. The molecular formula is C13H18ClN. The number of nitrogens with one attached hydrogen (secondary N) is 1. The van der Waals surface area contributed by atoms with Crippen molar-refractivity contribution in [1.29, 1.82) is 0 Å². The van der Waals surface area contributed by atoms with Gasteiger partial charge < -0.3 is 5.32 Å². The Kier molecular flexibility index (Phi) is 3.20. The lowest BCUT2D eigenvalue weighted by Gasteiger charge is -2.20. The first kappa shape index (κ1) is 10.8. The molecule has 1 N–H and O–H groups in total. The smallest absolute Gasteiger partial charge is 0.0410 e. The van der Waals surface area contributed by atoms with E-state index in [0.29, 0.717) is 6.04 Å². The summed E-state index contributed by atoms with van der Waals surface area (Å²) < 4.78 is 0. The van der Waals surface area contributed by atoms with Gasteiger partial charge in [-0.3, -0.25) is 0 Å². The summed E-state index contributed by atoms with van der Waals surface area (Å²) in [4.78, 5) is 0. The minimum atomic E-state index is 0.643. The molecule has 15 heavy (non-hydrogen) atoms. The third kappa shape index (κ3) is 2.46. The highest BCUT2D eigenvalue weighted by molar-refractivity contribution is 6.30. The van der Waals surface area contributed by atoms with Crippen LogP contribution in [-0.4, -0.2) is 6.04 Å². The molecular weight excluding hydrogens is 206 g/mol. The zero-order chi connectivity index (χ0) is 10.8. The summed E-state index contributed by atoms with van der Waals surface area (Å²) in [6.07, 6.45) is 4.00. The fourth-order valence-electron chi connectivity index (χ4n) is 2.35. The Morgan fingerprint density at radius 3 is 2.73 bits per heavy atom. The largest absolute Gasteiger partial charge is 0.382 e. The number of aryl methyl sites for hydroxylation is 1. The molecule has 0 heterocycles. The minimum absolute atomic E-state index is 0.643. The number of halogens is 1. The molecule has 2 atom stereocenters. The lowest BCUT2D eigenvalue weighted by atomic mass is 10.1. The second-order valence-corrected chi connectivity index (χ2v) is 5.05. The Morgan fingerprint density at radius 1 is 1.33 bits per heavy atom. The van der Waals surface area contributed by atoms with Crippen LogP contribution in [0, 0.1) is 12.8 Å². The number of benzene rings is 1. The highest BCUT2D eigenvalue weighted by Crippen LogP contribution is 2.29. The van der Waals surface area contributed by atoms with Gasteiger partial charge in [0.15, 0.2) is 0 Å². The van der Waals surface area contributed by atoms with Crippen LogP contribution < -0.4 is 5.32 Å². The quantitative estimate of drug-likeness (QED) is 0.791. The monoisotopic (exact) mass is 223 g/mol. The van der Waals surface area contributed by atoms with Gasteiger partial charge in [-0.05, 0) is 49.4 Å². The standard InChI is InChI=1S/C13H18ClN/c1-9-4-3-5-12(9)15-13-7-6-11(14)8-10(13)2/h6-9,12,15H,3-5H2,1-2H3. The van der Waals surface area contributed by atoms with E-state index in [4.69, 9.17) is 11.6 Å². The number of hydrogen-bond donors (Lipinski definition) is 1. The topological polar surface area (TPSA) is 12.0 Å². The summed E-state index contributed by atoms with van der Waals surface area (Å²) in [7, 11) is 0. The van der Waals surface area contributed by atoms with Gasteiger partial charge in [-0.25, -0.2) is 0 Å². The van der Waals surface area contributed by atoms with Crippen molar-refractivity contribution >= 4 is 17.3 Å². The van der Waals surface area contributed by atoms with Crippen molar-refractivity contribution in [3.63, 3.8) is 0 Å². The molecule has 1 aliphatic carbocycles. The molecule has 1 fully saturated rings. The lowest BCUT2D eigenvalue weighted by Crippen LogP contribution is -2.22. The van der Waals surface area contributed by atoms with E-state index >= 15 is 0 Å². The van der Waals surface area contributed by atoms with Crippen molar-refractivity contribution in [3.8, 4) is 0 Å². The number of hydrogen-bond acceptors (Lipinski definition) is 1. The third-order valence-corrected chi connectivity index (χ3v) is 3.63. The SMILES string of the molecule is Cc1cc(Cl)ccc1NC1CCCC1C. The molecule has 1 nitrogen and oxygen atoms in total. The lowest BCUT2D eigenvalue weighted by molar-refractivity contribution is 0.556. The van der Waals surface area contributed by atoms with Crippen LogP contribution in [0.1, 0.15) is 31.7 Å². The highest BCUT2D eigenvalue weighted by Gasteiger charge is 2.23. The summed E-state index contributed by atoms with van der Waals surface area (Å²) in [6.45, 7) is 4.43. The van der Waals surface area contributed by atoms with Crippen LogP contribution in [0.4, 0.5) is 5.69 Å². The number of rotatable bonds is 2. The van der Waals surface area contributed by atoms with Crippen molar-refractivity contribution in [3.05, 3.63) is 28.8 Å². The third-order valence-electron chi connectivity index (χ3n) is 3.39. The van der Waals surface area contributed by atoms with E-state index in [2.05, 4.69) is 25.2 Å². The molecule has 1 aromatic carbocycles. The van der Waals surface area contributed by atoms with E-state index in [0.717, 1.165) is 10.9 Å². The molecule has 2 rings (SSSR count). The second kappa shape index (κ2) is 4.44. The molecule has 1 saturated carbocycles. The number of anilines is 1. The zero-order valence-electron chi connectivity index (χ0n) is 9.39. The van der Waals surface area contributed by atoms with Gasteiger partial charge in [-0.15, -0.1) is 0 Å². The average Bonchev–Trinajstić information content (AvgIpc) is 2.57. The summed E-state index contributed by atoms with van der Waals surface area (Å²) in [5, 5.41) is 4.44. The van der Waals surface area contributed by atoms with Crippen LogP contribution in [0.3, 0.4) is 0 Å². The first-order valence-electron chi connectivity index (χ1n) is 5.69. The van der Waals surface area contributed by atoms with Crippen LogP contribution in [-0.2, 0) is 0 Å².